The number of rotatable bonds is 4. The third kappa shape index (κ3) is 3.74. The molecule has 1 aliphatic carbocycles. The van der Waals surface area contributed by atoms with E-state index in [0.29, 0.717) is 22.8 Å². The summed E-state index contributed by atoms with van der Waals surface area (Å²) in [5.74, 6) is 1.73. The summed E-state index contributed by atoms with van der Waals surface area (Å²) in [6.07, 6.45) is 9.70. The molecular weight excluding hydrogens is 446 g/mol. The molecule has 0 radical (unpaired) electrons. The number of halogens is 1. The Bertz CT molecular complexity index is 1490. The molecule has 2 N–H and O–H groups in total. The van der Waals surface area contributed by atoms with Crippen molar-refractivity contribution >= 4 is 39.4 Å². The van der Waals surface area contributed by atoms with E-state index in [1.165, 1.54) is 25.6 Å². The first-order valence-electron chi connectivity index (χ1n) is 11.6. The van der Waals surface area contributed by atoms with Crippen LogP contribution < -0.4 is 10.5 Å². The van der Waals surface area contributed by atoms with Crippen LogP contribution >= 0.6 is 11.6 Å². The molecule has 3 aromatic heterocycles. The van der Waals surface area contributed by atoms with E-state index in [0.717, 1.165) is 51.7 Å². The fourth-order valence-electron chi connectivity index (χ4n) is 4.95. The Labute approximate surface area is 202 Å². The molecule has 5 aromatic rings. The number of benzene rings is 2. The molecule has 0 aliphatic heterocycles. The first-order chi connectivity index (χ1) is 16.7. The van der Waals surface area contributed by atoms with Crippen LogP contribution in [0.2, 0.25) is 5.02 Å². The second-order valence-electron chi connectivity index (χ2n) is 8.79. The van der Waals surface area contributed by atoms with Crippen molar-refractivity contribution in [1.29, 1.82) is 0 Å². The molecule has 6 rings (SSSR count). The van der Waals surface area contributed by atoms with Gasteiger partial charge in [0.25, 0.3) is 0 Å². The van der Waals surface area contributed by atoms with Gasteiger partial charge < -0.3 is 15.0 Å². The van der Waals surface area contributed by atoms with E-state index in [4.69, 9.17) is 27.1 Å². The van der Waals surface area contributed by atoms with Crippen LogP contribution in [0.4, 0.5) is 5.82 Å². The first-order valence-corrected chi connectivity index (χ1v) is 12.0. The topological polar surface area (TPSA) is 78.8 Å². The predicted molar refractivity (Wildman–Crippen MR) is 136 cm³/mol. The van der Waals surface area contributed by atoms with Gasteiger partial charge in [-0.25, -0.2) is 15.0 Å². The Morgan fingerprint density at radius 2 is 1.76 bits per heavy atom. The summed E-state index contributed by atoms with van der Waals surface area (Å²) in [5.41, 5.74) is 9.81. The monoisotopic (exact) mass is 469 g/mol. The minimum atomic E-state index is 0.405. The number of pyridine rings is 1. The highest BCUT2D eigenvalue weighted by Crippen LogP contribution is 2.41. The summed E-state index contributed by atoms with van der Waals surface area (Å²) in [6, 6.07) is 17.8. The van der Waals surface area contributed by atoms with Crippen molar-refractivity contribution in [3.63, 3.8) is 0 Å². The predicted octanol–water partition coefficient (Wildman–Crippen LogP) is 7.18. The third-order valence-corrected chi connectivity index (χ3v) is 6.93. The third-order valence-electron chi connectivity index (χ3n) is 6.62. The van der Waals surface area contributed by atoms with Crippen molar-refractivity contribution in [2.24, 2.45) is 0 Å². The maximum atomic E-state index is 6.81. The molecule has 0 saturated heterocycles. The normalized spacial score (nSPS) is 14.6. The Kier molecular flexibility index (Phi) is 5.30. The second-order valence-corrected chi connectivity index (χ2v) is 9.20. The molecule has 34 heavy (non-hydrogen) atoms. The van der Waals surface area contributed by atoms with Gasteiger partial charge in [0, 0.05) is 39.8 Å². The summed E-state index contributed by atoms with van der Waals surface area (Å²) in [5, 5.41) is 2.41. The van der Waals surface area contributed by atoms with Crippen LogP contribution in [0.3, 0.4) is 0 Å². The van der Waals surface area contributed by atoms with Crippen molar-refractivity contribution in [3.05, 3.63) is 72.1 Å². The number of nitrogen functional groups attached to an aromatic ring is 1. The molecule has 0 bridgehead atoms. The molecule has 7 heteroatoms. The molecule has 1 aliphatic rings. The van der Waals surface area contributed by atoms with Gasteiger partial charge >= 0.3 is 0 Å². The van der Waals surface area contributed by atoms with Crippen molar-refractivity contribution in [2.75, 3.05) is 5.73 Å². The van der Waals surface area contributed by atoms with E-state index >= 15 is 0 Å². The largest absolute Gasteiger partial charge is 0.439 e. The van der Waals surface area contributed by atoms with Gasteiger partial charge in [-0.1, -0.05) is 49.1 Å². The van der Waals surface area contributed by atoms with Gasteiger partial charge in [-0.3, -0.25) is 0 Å². The molecular formula is C27H24ClN5O. The van der Waals surface area contributed by atoms with Crippen molar-refractivity contribution in [1.82, 2.24) is 19.5 Å². The minimum absolute atomic E-state index is 0.405. The number of ether oxygens (including phenoxy) is 1. The number of hydrogen-bond donors (Lipinski definition) is 1. The van der Waals surface area contributed by atoms with Gasteiger partial charge in [0.1, 0.15) is 23.5 Å². The maximum absolute atomic E-state index is 6.81. The number of para-hydroxylation sites is 1. The van der Waals surface area contributed by atoms with Crippen LogP contribution in [-0.2, 0) is 0 Å². The number of aromatic nitrogens is 4. The van der Waals surface area contributed by atoms with Gasteiger partial charge in [-0.15, -0.1) is 0 Å². The quantitative estimate of drug-likeness (QED) is 0.301. The first kappa shape index (κ1) is 20.9. The fourth-order valence-corrected chi connectivity index (χ4v) is 5.22. The van der Waals surface area contributed by atoms with Gasteiger partial charge in [0.2, 0.25) is 5.88 Å². The molecule has 3 heterocycles. The molecule has 1 saturated carbocycles. The smallest absolute Gasteiger partial charge is 0.219 e. The number of nitrogens with zero attached hydrogens (tertiary/aromatic N) is 4. The molecule has 0 atom stereocenters. The van der Waals surface area contributed by atoms with Crippen molar-refractivity contribution < 1.29 is 4.74 Å². The van der Waals surface area contributed by atoms with E-state index in [1.54, 1.807) is 0 Å². The summed E-state index contributed by atoms with van der Waals surface area (Å²) in [6.45, 7) is 0. The zero-order chi connectivity index (χ0) is 23.1. The zero-order valence-electron chi connectivity index (χ0n) is 18.6. The van der Waals surface area contributed by atoms with Crippen LogP contribution in [-0.4, -0.2) is 19.5 Å². The second kappa shape index (κ2) is 8.61. The Morgan fingerprint density at radius 3 is 2.59 bits per heavy atom. The van der Waals surface area contributed by atoms with Crippen LogP contribution in [0, 0.1) is 0 Å². The molecule has 1 fully saturated rings. The van der Waals surface area contributed by atoms with Crippen LogP contribution in [0.25, 0.3) is 33.1 Å². The van der Waals surface area contributed by atoms with E-state index in [1.807, 2.05) is 54.6 Å². The lowest BCUT2D eigenvalue weighted by molar-refractivity contribution is 0.360. The highest BCUT2D eigenvalue weighted by atomic mass is 35.5. The molecule has 0 amide bonds. The van der Waals surface area contributed by atoms with Crippen LogP contribution in [0.5, 0.6) is 11.6 Å². The van der Waals surface area contributed by atoms with Crippen LogP contribution in [0.1, 0.15) is 38.1 Å². The lowest BCUT2D eigenvalue weighted by Crippen LogP contribution is -2.12. The van der Waals surface area contributed by atoms with E-state index < -0.39 is 0 Å². The maximum Gasteiger partial charge on any atom is 0.219 e. The zero-order valence-corrected chi connectivity index (χ0v) is 19.4. The summed E-state index contributed by atoms with van der Waals surface area (Å²) in [7, 11) is 0. The highest BCUT2D eigenvalue weighted by molar-refractivity contribution is 6.34. The van der Waals surface area contributed by atoms with Gasteiger partial charge in [-0.05, 0) is 43.2 Å². The van der Waals surface area contributed by atoms with Gasteiger partial charge in [0.05, 0.1) is 10.9 Å². The average Bonchev–Trinajstić information content (AvgIpc) is 3.26. The van der Waals surface area contributed by atoms with Crippen molar-refractivity contribution in [3.8, 4) is 22.8 Å². The van der Waals surface area contributed by atoms with Crippen LogP contribution in [0.15, 0.2) is 67.1 Å². The van der Waals surface area contributed by atoms with E-state index in [-0.39, 0.29) is 0 Å². The summed E-state index contributed by atoms with van der Waals surface area (Å²) < 4.78 is 8.22. The standard InChI is InChI=1S/C27H24ClN5O/c28-22-13-17-11-12-24(34-19-9-5-2-6-10-19)32-23(17)14-20(22)21-15-33(18-7-3-1-4-8-18)27-25(21)26(29)30-16-31-27/h2,5-6,9-16,18H,1,3-4,7-8H2,(H2,29,30,31). The lowest BCUT2D eigenvalue weighted by Gasteiger charge is -2.23. The Morgan fingerprint density at radius 1 is 0.941 bits per heavy atom. The fraction of sp³-hybridized carbons (Fsp3) is 0.222. The summed E-state index contributed by atoms with van der Waals surface area (Å²) in [4.78, 5) is 13.6. The molecule has 6 nitrogen and oxygen atoms in total. The van der Waals surface area contributed by atoms with Gasteiger partial charge in [-0.2, -0.15) is 0 Å². The number of fused-ring (bicyclic) bond motifs is 2. The molecule has 2 aromatic carbocycles. The summed E-state index contributed by atoms with van der Waals surface area (Å²) >= 11 is 6.81. The Hall–Kier alpha value is -3.64. The minimum Gasteiger partial charge on any atom is -0.439 e. The molecule has 170 valence electrons. The van der Waals surface area contributed by atoms with E-state index in [9.17, 15) is 0 Å². The average molecular weight is 470 g/mol. The number of anilines is 1. The SMILES string of the molecule is Nc1ncnc2c1c(-c1cc3nc(Oc4ccccc4)ccc3cc1Cl)cn2C1CCCCC1. The Balaban J connectivity index is 1.49. The lowest BCUT2D eigenvalue weighted by atomic mass is 9.95. The number of hydrogen-bond acceptors (Lipinski definition) is 5. The molecule has 0 spiro atoms. The van der Waals surface area contributed by atoms with Crippen molar-refractivity contribution in [2.45, 2.75) is 38.1 Å². The highest BCUT2D eigenvalue weighted by Gasteiger charge is 2.23. The van der Waals surface area contributed by atoms with Gasteiger partial charge in [0.15, 0.2) is 0 Å². The number of nitrogens with two attached hydrogens (primary N) is 1. The molecule has 0 unspecified atom stereocenters. The van der Waals surface area contributed by atoms with E-state index in [2.05, 4.69) is 20.7 Å².